The monoisotopic (exact) mass is 262 g/mol. The molecular formula is C13H27ClN2O. The maximum atomic E-state index is 11.2. The second kappa shape index (κ2) is 9.49. The van der Waals surface area contributed by atoms with E-state index in [-0.39, 0.29) is 18.3 Å². The van der Waals surface area contributed by atoms with E-state index < -0.39 is 0 Å². The Morgan fingerprint density at radius 3 is 2.29 bits per heavy atom. The first-order valence-corrected chi connectivity index (χ1v) is 6.15. The van der Waals surface area contributed by atoms with E-state index in [0.29, 0.717) is 5.57 Å². The third-order valence-corrected chi connectivity index (χ3v) is 2.69. The summed E-state index contributed by atoms with van der Waals surface area (Å²) in [4.78, 5) is 11.2. The topological polar surface area (TPSA) is 29.1 Å². The molecule has 0 radical (unpaired) electrons. The van der Waals surface area contributed by atoms with Gasteiger partial charge in [-0.25, -0.2) is 0 Å². The summed E-state index contributed by atoms with van der Waals surface area (Å²) in [7, 11) is 4.52. The lowest BCUT2D eigenvalue weighted by Gasteiger charge is -2.29. The number of amides is 1. The number of quaternary nitrogens is 1. The van der Waals surface area contributed by atoms with Gasteiger partial charge in [0.1, 0.15) is 0 Å². The number of unbranched alkanes of at least 4 members (excludes halogenated alkanes) is 1. The smallest absolute Gasteiger partial charge is 0.246 e. The zero-order valence-electron chi connectivity index (χ0n) is 11.7. The van der Waals surface area contributed by atoms with Crippen LogP contribution in [0.4, 0.5) is 0 Å². The van der Waals surface area contributed by atoms with Gasteiger partial charge in [-0.15, -0.1) is 0 Å². The summed E-state index contributed by atoms with van der Waals surface area (Å²) < 4.78 is 1.07. The van der Waals surface area contributed by atoms with Crippen molar-refractivity contribution in [2.45, 2.75) is 33.1 Å². The molecule has 0 heterocycles. The van der Waals surface area contributed by atoms with Crippen molar-refractivity contribution in [1.82, 2.24) is 5.32 Å². The van der Waals surface area contributed by atoms with Crippen LogP contribution in [0.2, 0.25) is 0 Å². The number of nitrogens with one attached hydrogen (secondary N) is 1. The Balaban J connectivity index is 0. The Labute approximate surface area is 112 Å². The summed E-state index contributed by atoms with van der Waals surface area (Å²) >= 11 is 0. The van der Waals surface area contributed by atoms with Crippen LogP contribution in [0, 0.1) is 0 Å². The molecule has 17 heavy (non-hydrogen) atoms. The molecule has 0 atom stereocenters. The predicted molar refractivity (Wildman–Crippen MR) is 69.2 cm³/mol. The number of hydrogen-bond donors (Lipinski definition) is 1. The van der Waals surface area contributed by atoms with Crippen molar-refractivity contribution in [1.29, 1.82) is 0 Å². The van der Waals surface area contributed by atoms with Gasteiger partial charge < -0.3 is 22.2 Å². The van der Waals surface area contributed by atoms with E-state index in [1.807, 2.05) is 0 Å². The van der Waals surface area contributed by atoms with Gasteiger partial charge >= 0.3 is 0 Å². The van der Waals surface area contributed by atoms with Gasteiger partial charge in [-0.1, -0.05) is 13.5 Å². The van der Waals surface area contributed by atoms with Crippen molar-refractivity contribution in [3.05, 3.63) is 12.2 Å². The molecule has 0 saturated carbocycles. The highest BCUT2D eigenvalue weighted by Gasteiger charge is 2.12. The molecule has 1 N–H and O–H groups in total. The second-order valence-corrected chi connectivity index (χ2v) is 5.13. The van der Waals surface area contributed by atoms with Gasteiger partial charge in [0.05, 0.1) is 27.2 Å². The minimum atomic E-state index is -0.0256. The van der Waals surface area contributed by atoms with Gasteiger partial charge in [0.2, 0.25) is 5.91 Å². The first-order valence-electron chi connectivity index (χ1n) is 6.15. The third kappa shape index (κ3) is 10.3. The third-order valence-electron chi connectivity index (χ3n) is 2.69. The van der Waals surface area contributed by atoms with Crippen molar-refractivity contribution in [2.24, 2.45) is 0 Å². The summed E-state index contributed by atoms with van der Waals surface area (Å²) in [6.45, 7) is 10.7. The molecule has 0 unspecified atom stereocenters. The van der Waals surface area contributed by atoms with E-state index in [4.69, 9.17) is 0 Å². The number of halogens is 1. The summed E-state index contributed by atoms with van der Waals surface area (Å²) in [6, 6.07) is 0. The van der Waals surface area contributed by atoms with E-state index in [1.54, 1.807) is 6.92 Å². The molecule has 102 valence electrons. The van der Waals surface area contributed by atoms with Crippen molar-refractivity contribution >= 4 is 5.91 Å². The highest BCUT2D eigenvalue weighted by molar-refractivity contribution is 5.91. The number of hydrogen-bond acceptors (Lipinski definition) is 1. The molecular weight excluding hydrogens is 236 g/mol. The molecule has 1 amide bonds. The van der Waals surface area contributed by atoms with Crippen LogP contribution in [0.1, 0.15) is 33.1 Å². The van der Waals surface area contributed by atoms with Crippen molar-refractivity contribution < 1.29 is 21.7 Å². The highest BCUT2D eigenvalue weighted by Crippen LogP contribution is 2.02. The summed E-state index contributed by atoms with van der Waals surface area (Å²) in [5, 5.41) is 2.85. The zero-order chi connectivity index (χ0) is 12.6. The van der Waals surface area contributed by atoms with Gasteiger partial charge in [0.25, 0.3) is 0 Å². The molecule has 0 rings (SSSR count). The maximum absolute atomic E-state index is 11.2. The molecule has 4 heteroatoms. The summed E-state index contributed by atoms with van der Waals surface area (Å²) in [5.41, 5.74) is 0.585. The largest absolute Gasteiger partial charge is 1.00 e. The molecule has 0 aliphatic carbocycles. The molecule has 0 saturated heterocycles. The normalized spacial score (nSPS) is 10.6. The number of nitrogens with zero attached hydrogens (tertiary/aromatic N) is 1. The van der Waals surface area contributed by atoms with Crippen molar-refractivity contribution in [3.63, 3.8) is 0 Å². The molecule has 0 spiro atoms. The molecule has 0 fully saturated rings. The van der Waals surface area contributed by atoms with Crippen LogP contribution >= 0.6 is 0 Å². The molecule has 0 aromatic rings. The summed E-state index contributed by atoms with van der Waals surface area (Å²) in [6.07, 6.45) is 3.42. The lowest BCUT2D eigenvalue weighted by atomic mass is 10.2. The lowest BCUT2D eigenvalue weighted by molar-refractivity contribution is -0.890. The number of carbonyl (C=O) groups is 1. The predicted octanol–water partition coefficient (Wildman–Crippen LogP) is -1.05. The minimum Gasteiger partial charge on any atom is -1.00 e. The SMILES string of the molecule is C=C(C)C(=O)NCCCC[N+](C)(C)CCC.[Cl-]. The molecule has 0 bridgehead atoms. The van der Waals surface area contributed by atoms with Gasteiger partial charge in [-0.2, -0.15) is 0 Å². The maximum Gasteiger partial charge on any atom is 0.246 e. The Hall–Kier alpha value is -0.540. The minimum absolute atomic E-state index is 0. The fraction of sp³-hybridized carbons (Fsp3) is 0.769. The molecule has 0 aromatic carbocycles. The van der Waals surface area contributed by atoms with Gasteiger partial charge in [-0.3, -0.25) is 4.79 Å². The van der Waals surface area contributed by atoms with E-state index >= 15 is 0 Å². The molecule has 0 aliphatic rings. The Kier molecular flexibility index (Phi) is 10.5. The first kappa shape index (κ1) is 18.8. The Morgan fingerprint density at radius 2 is 1.82 bits per heavy atom. The first-order chi connectivity index (χ1) is 7.39. The number of carbonyl (C=O) groups excluding carboxylic acids is 1. The Bertz CT molecular complexity index is 240. The van der Waals surface area contributed by atoms with Crippen LogP contribution in [0.15, 0.2) is 12.2 Å². The van der Waals surface area contributed by atoms with Gasteiger partial charge in [-0.05, 0) is 26.2 Å². The van der Waals surface area contributed by atoms with E-state index in [9.17, 15) is 4.79 Å². The molecule has 0 aliphatic heterocycles. The zero-order valence-corrected chi connectivity index (χ0v) is 12.4. The van der Waals surface area contributed by atoms with Crippen LogP contribution < -0.4 is 17.7 Å². The van der Waals surface area contributed by atoms with Gasteiger partial charge in [0.15, 0.2) is 0 Å². The quantitative estimate of drug-likeness (QED) is 0.338. The fourth-order valence-electron chi connectivity index (χ4n) is 1.73. The van der Waals surface area contributed by atoms with E-state index in [0.717, 1.165) is 23.9 Å². The van der Waals surface area contributed by atoms with E-state index in [1.165, 1.54) is 19.5 Å². The van der Waals surface area contributed by atoms with Crippen LogP contribution in [0.25, 0.3) is 0 Å². The van der Waals surface area contributed by atoms with Gasteiger partial charge in [0, 0.05) is 12.1 Å². The standard InChI is InChI=1S/C13H26N2O.ClH/c1-6-10-15(4,5)11-8-7-9-14-13(16)12(2)3;/h2,6-11H2,1,3-5H3;1H. The average Bonchev–Trinajstić information content (AvgIpc) is 2.16. The highest BCUT2D eigenvalue weighted by atomic mass is 35.5. The Morgan fingerprint density at radius 1 is 1.24 bits per heavy atom. The summed E-state index contributed by atoms with van der Waals surface area (Å²) in [5.74, 6) is -0.0256. The van der Waals surface area contributed by atoms with Crippen LogP contribution in [-0.4, -0.2) is 44.1 Å². The second-order valence-electron chi connectivity index (χ2n) is 5.13. The van der Waals surface area contributed by atoms with Crippen LogP contribution in [-0.2, 0) is 4.79 Å². The molecule has 0 aromatic heterocycles. The van der Waals surface area contributed by atoms with Crippen molar-refractivity contribution in [3.8, 4) is 0 Å². The molecule has 3 nitrogen and oxygen atoms in total. The number of rotatable bonds is 8. The fourth-order valence-corrected chi connectivity index (χ4v) is 1.73. The van der Waals surface area contributed by atoms with Crippen molar-refractivity contribution in [2.75, 3.05) is 33.7 Å². The van der Waals surface area contributed by atoms with E-state index in [2.05, 4.69) is 32.9 Å². The average molecular weight is 263 g/mol. The lowest BCUT2D eigenvalue weighted by Crippen LogP contribution is -3.00. The van der Waals surface area contributed by atoms with Crippen LogP contribution in [0.3, 0.4) is 0 Å². The van der Waals surface area contributed by atoms with Crippen LogP contribution in [0.5, 0.6) is 0 Å².